The number of carbonyl (C=O) groups is 1. The summed E-state index contributed by atoms with van der Waals surface area (Å²) in [6.45, 7) is 10.9. The van der Waals surface area contributed by atoms with Crippen molar-refractivity contribution < 1.29 is 9.53 Å². The first-order chi connectivity index (χ1) is 14.9. The molecule has 0 radical (unpaired) electrons. The highest BCUT2D eigenvalue weighted by atomic mass is 35.5. The topological polar surface area (TPSA) is 50.6 Å². The predicted octanol–water partition coefficient (Wildman–Crippen LogP) is 4.31. The summed E-state index contributed by atoms with van der Waals surface area (Å²) in [5.41, 5.74) is 4.42. The molecule has 0 saturated heterocycles. The Balaban J connectivity index is 1.96. The van der Waals surface area contributed by atoms with Crippen molar-refractivity contribution in [1.82, 2.24) is 19.6 Å². The zero-order valence-electron chi connectivity index (χ0n) is 19.2. The Labute approximate surface area is 191 Å². The fourth-order valence-electron chi connectivity index (χ4n) is 4.15. The van der Waals surface area contributed by atoms with E-state index in [9.17, 15) is 4.79 Å². The van der Waals surface area contributed by atoms with Crippen molar-refractivity contribution >= 4 is 17.5 Å². The number of nitrogens with zero attached hydrogens (tertiary/aromatic N) is 4. The molecule has 3 rings (SSSR count). The SMILES string of the molecule is CCCN1CCc2c(c(CN(CCOC)C(=O)CC(C)C)nn2-c2cccc(Cl)c2)C1. The third kappa shape index (κ3) is 6.09. The lowest BCUT2D eigenvalue weighted by Gasteiger charge is -2.28. The zero-order valence-corrected chi connectivity index (χ0v) is 20.0. The predicted molar refractivity (Wildman–Crippen MR) is 125 cm³/mol. The average molecular weight is 447 g/mol. The number of fused-ring (bicyclic) bond motifs is 1. The van der Waals surface area contributed by atoms with Gasteiger partial charge in [0.2, 0.25) is 5.91 Å². The zero-order chi connectivity index (χ0) is 22.4. The van der Waals surface area contributed by atoms with Crippen LogP contribution in [0.4, 0.5) is 0 Å². The third-order valence-electron chi connectivity index (χ3n) is 5.65. The van der Waals surface area contributed by atoms with Crippen molar-refractivity contribution in [3.8, 4) is 5.69 Å². The van der Waals surface area contributed by atoms with Crippen LogP contribution in [-0.4, -0.2) is 58.8 Å². The maximum atomic E-state index is 12.9. The molecule has 31 heavy (non-hydrogen) atoms. The highest BCUT2D eigenvalue weighted by Crippen LogP contribution is 2.27. The molecule has 170 valence electrons. The maximum absolute atomic E-state index is 12.9. The van der Waals surface area contributed by atoms with Gasteiger partial charge in [-0.25, -0.2) is 4.68 Å². The molecule has 0 atom stereocenters. The number of amides is 1. The molecule has 0 spiro atoms. The van der Waals surface area contributed by atoms with Crippen LogP contribution in [0.5, 0.6) is 0 Å². The Hall–Kier alpha value is -1.89. The summed E-state index contributed by atoms with van der Waals surface area (Å²) in [7, 11) is 1.67. The second-order valence-corrected chi connectivity index (χ2v) is 9.13. The fourth-order valence-corrected chi connectivity index (χ4v) is 4.33. The van der Waals surface area contributed by atoms with E-state index in [-0.39, 0.29) is 5.91 Å². The summed E-state index contributed by atoms with van der Waals surface area (Å²) in [5, 5.41) is 5.70. The number of benzene rings is 1. The van der Waals surface area contributed by atoms with Crippen molar-refractivity contribution in [3.63, 3.8) is 0 Å². The molecule has 1 amide bonds. The first kappa shape index (κ1) is 23.8. The Morgan fingerprint density at radius 3 is 2.84 bits per heavy atom. The molecule has 0 N–H and O–H groups in total. The number of carbonyl (C=O) groups excluding carboxylic acids is 1. The number of halogens is 1. The van der Waals surface area contributed by atoms with Crippen molar-refractivity contribution in [1.29, 1.82) is 0 Å². The highest BCUT2D eigenvalue weighted by Gasteiger charge is 2.27. The summed E-state index contributed by atoms with van der Waals surface area (Å²) in [4.78, 5) is 17.3. The summed E-state index contributed by atoms with van der Waals surface area (Å²) in [6.07, 6.45) is 2.59. The molecule has 0 saturated carbocycles. The van der Waals surface area contributed by atoms with E-state index < -0.39 is 0 Å². The van der Waals surface area contributed by atoms with Gasteiger partial charge in [0.05, 0.1) is 30.2 Å². The van der Waals surface area contributed by atoms with Crippen molar-refractivity contribution in [2.24, 2.45) is 5.92 Å². The average Bonchev–Trinajstić information content (AvgIpc) is 3.08. The Bertz CT molecular complexity index is 880. The smallest absolute Gasteiger partial charge is 0.223 e. The van der Waals surface area contributed by atoms with E-state index in [1.807, 2.05) is 33.8 Å². The van der Waals surface area contributed by atoms with Gasteiger partial charge in [-0.15, -0.1) is 0 Å². The second-order valence-electron chi connectivity index (χ2n) is 8.70. The third-order valence-corrected chi connectivity index (χ3v) is 5.89. The summed E-state index contributed by atoms with van der Waals surface area (Å²) in [5.74, 6) is 0.467. The molecular weight excluding hydrogens is 412 g/mol. The minimum atomic E-state index is 0.152. The van der Waals surface area contributed by atoms with Crippen molar-refractivity contribution in [2.75, 3.05) is 33.4 Å². The van der Waals surface area contributed by atoms with Crippen LogP contribution < -0.4 is 0 Å². The number of methoxy groups -OCH3 is 1. The van der Waals surface area contributed by atoms with Crippen molar-refractivity contribution in [2.45, 2.75) is 53.1 Å². The highest BCUT2D eigenvalue weighted by molar-refractivity contribution is 6.30. The lowest BCUT2D eigenvalue weighted by Crippen LogP contribution is -2.35. The molecule has 7 heteroatoms. The molecular formula is C24H35ClN4O2. The molecule has 0 fully saturated rings. The minimum absolute atomic E-state index is 0.152. The van der Waals surface area contributed by atoms with Crippen LogP contribution in [0.1, 0.15) is 50.6 Å². The second kappa shape index (κ2) is 11.1. The number of hydrogen-bond acceptors (Lipinski definition) is 4. The normalized spacial score (nSPS) is 14.1. The van der Waals surface area contributed by atoms with Gasteiger partial charge in [0.15, 0.2) is 0 Å². The van der Waals surface area contributed by atoms with Crippen LogP contribution in [0.15, 0.2) is 24.3 Å². The van der Waals surface area contributed by atoms with Crippen LogP contribution in [0.25, 0.3) is 5.69 Å². The van der Waals surface area contributed by atoms with Crippen LogP contribution in [0, 0.1) is 5.92 Å². The van der Waals surface area contributed by atoms with E-state index in [4.69, 9.17) is 21.4 Å². The van der Waals surface area contributed by atoms with E-state index >= 15 is 0 Å². The van der Waals surface area contributed by atoms with Gasteiger partial charge in [0.1, 0.15) is 0 Å². The first-order valence-electron chi connectivity index (χ1n) is 11.3. The molecule has 1 aliphatic heterocycles. The molecule has 1 aromatic carbocycles. The lowest BCUT2D eigenvalue weighted by molar-refractivity contribution is -0.133. The van der Waals surface area contributed by atoms with E-state index in [0.717, 1.165) is 43.9 Å². The molecule has 2 aromatic rings. The van der Waals surface area contributed by atoms with Gasteiger partial charge in [0.25, 0.3) is 0 Å². The van der Waals surface area contributed by atoms with Crippen LogP contribution in [-0.2, 0) is 29.0 Å². The molecule has 1 aromatic heterocycles. The standard InChI is InChI=1S/C24H35ClN4O2/c1-5-10-27-11-9-23-21(16-27)22(26-29(23)20-8-6-7-19(25)15-20)17-28(12-13-31-4)24(30)14-18(2)3/h6-8,15,18H,5,9-14,16-17H2,1-4H3. The van der Waals surface area contributed by atoms with E-state index in [0.29, 0.717) is 37.1 Å². The summed E-state index contributed by atoms with van der Waals surface area (Å²) in [6, 6.07) is 7.81. The van der Waals surface area contributed by atoms with E-state index in [1.54, 1.807) is 7.11 Å². The molecule has 2 heterocycles. The van der Waals surface area contributed by atoms with Gasteiger partial charge < -0.3 is 9.64 Å². The molecule has 6 nitrogen and oxygen atoms in total. The Kier molecular flexibility index (Phi) is 8.52. The van der Waals surface area contributed by atoms with Crippen LogP contribution in [0.3, 0.4) is 0 Å². The number of aromatic nitrogens is 2. The maximum Gasteiger partial charge on any atom is 0.223 e. The Morgan fingerprint density at radius 1 is 1.35 bits per heavy atom. The fraction of sp³-hybridized carbons (Fsp3) is 0.583. The van der Waals surface area contributed by atoms with Gasteiger partial charge in [-0.1, -0.05) is 38.4 Å². The molecule has 0 bridgehead atoms. The lowest BCUT2D eigenvalue weighted by atomic mass is 10.0. The van der Waals surface area contributed by atoms with Gasteiger partial charge in [-0.05, 0) is 37.1 Å². The van der Waals surface area contributed by atoms with Crippen LogP contribution >= 0.6 is 11.6 Å². The number of ether oxygens (including phenoxy) is 1. The number of rotatable bonds is 10. The minimum Gasteiger partial charge on any atom is -0.383 e. The van der Waals surface area contributed by atoms with Crippen molar-refractivity contribution in [3.05, 3.63) is 46.2 Å². The quantitative estimate of drug-likeness (QED) is 0.545. The van der Waals surface area contributed by atoms with Gasteiger partial charge in [-0.3, -0.25) is 9.69 Å². The largest absolute Gasteiger partial charge is 0.383 e. The van der Waals surface area contributed by atoms with E-state index in [2.05, 4.69) is 25.7 Å². The summed E-state index contributed by atoms with van der Waals surface area (Å²) >= 11 is 6.26. The van der Waals surface area contributed by atoms with Gasteiger partial charge in [-0.2, -0.15) is 5.10 Å². The summed E-state index contributed by atoms with van der Waals surface area (Å²) < 4.78 is 7.30. The Morgan fingerprint density at radius 2 is 2.16 bits per heavy atom. The molecule has 1 aliphatic rings. The van der Waals surface area contributed by atoms with Gasteiger partial charge >= 0.3 is 0 Å². The first-order valence-corrected chi connectivity index (χ1v) is 11.6. The van der Waals surface area contributed by atoms with Gasteiger partial charge in [0, 0.05) is 50.2 Å². The monoisotopic (exact) mass is 446 g/mol. The number of hydrogen-bond donors (Lipinski definition) is 0. The van der Waals surface area contributed by atoms with E-state index in [1.165, 1.54) is 11.3 Å². The van der Waals surface area contributed by atoms with Crippen LogP contribution in [0.2, 0.25) is 5.02 Å². The molecule has 0 unspecified atom stereocenters. The molecule has 0 aliphatic carbocycles.